The number of ether oxygens (including phenoxy) is 2. The van der Waals surface area contributed by atoms with Gasteiger partial charge >= 0.3 is 5.97 Å². The summed E-state index contributed by atoms with van der Waals surface area (Å²) in [7, 11) is 0. The number of fused-ring (bicyclic) bond motifs is 2. The number of halogens is 1. The molecule has 0 saturated carbocycles. The van der Waals surface area contributed by atoms with E-state index in [0.717, 1.165) is 27.0 Å². The molecule has 9 nitrogen and oxygen atoms in total. The molecule has 5 rings (SSSR count). The van der Waals surface area contributed by atoms with E-state index in [4.69, 9.17) is 24.2 Å². The number of aliphatic carboxylic acids is 1. The third kappa shape index (κ3) is 4.71. The molecular weight excluding hydrogens is 518 g/mol. The Morgan fingerprint density at radius 1 is 1.14 bits per heavy atom. The van der Waals surface area contributed by atoms with Gasteiger partial charge in [-0.3, -0.25) is 4.99 Å². The van der Waals surface area contributed by atoms with E-state index in [1.807, 2.05) is 36.4 Å². The fraction of sp³-hybridized carbons (Fsp3) is 0.160. The molecule has 0 saturated heterocycles. The summed E-state index contributed by atoms with van der Waals surface area (Å²) in [6.45, 7) is 0.472. The average molecular weight is 538 g/mol. The van der Waals surface area contributed by atoms with Crippen LogP contribution in [0.1, 0.15) is 5.56 Å². The van der Waals surface area contributed by atoms with Gasteiger partial charge in [-0.25, -0.2) is 4.79 Å². The lowest BCUT2D eigenvalue weighted by atomic mass is 10.0. The van der Waals surface area contributed by atoms with Crippen molar-refractivity contribution in [3.05, 3.63) is 64.6 Å². The molecule has 10 heteroatoms. The van der Waals surface area contributed by atoms with Gasteiger partial charge < -0.3 is 29.5 Å². The first-order chi connectivity index (χ1) is 17.0. The summed E-state index contributed by atoms with van der Waals surface area (Å²) in [5.41, 5.74) is 3.90. The highest BCUT2D eigenvalue weighted by Crippen LogP contribution is 2.40. The van der Waals surface area contributed by atoms with Gasteiger partial charge in [0.1, 0.15) is 13.2 Å². The Hall–Kier alpha value is -3.89. The number of rotatable bonds is 7. The molecule has 3 aromatic carbocycles. The van der Waals surface area contributed by atoms with Gasteiger partial charge in [-0.15, -0.1) is 0 Å². The third-order valence-electron chi connectivity index (χ3n) is 5.46. The van der Waals surface area contributed by atoms with Crippen molar-refractivity contribution in [2.75, 3.05) is 25.1 Å². The molecule has 1 atom stereocenters. The number of aliphatic hydroxyl groups excluding tert-OH is 1. The number of anilines is 2. The molecule has 0 amide bonds. The summed E-state index contributed by atoms with van der Waals surface area (Å²) in [4.78, 5) is 15.0. The Morgan fingerprint density at radius 3 is 2.77 bits per heavy atom. The average Bonchev–Trinajstić information content (AvgIpc) is 3.27. The number of hydrogen-bond acceptors (Lipinski definition) is 8. The van der Waals surface area contributed by atoms with Crippen molar-refractivity contribution < 1.29 is 29.0 Å². The van der Waals surface area contributed by atoms with E-state index in [-0.39, 0.29) is 0 Å². The second kappa shape index (κ2) is 9.77. The standard InChI is InChI=1S/C25H20BrN3O6/c26-23-16(15-5-7-21-22(11-15)34-9-8-33-21)2-1-3-18(23)28-24-17-10-14(4-6-20(17)35-29-24)12-27-19(13-30)25(31)32/h1-7,10-12,19,30H,8-9,13H2,(H,28,29)(H,31,32)/t19-/m0/s1. The van der Waals surface area contributed by atoms with Crippen LogP contribution in [0, 0.1) is 0 Å². The number of benzene rings is 3. The van der Waals surface area contributed by atoms with Crippen LogP contribution < -0.4 is 14.8 Å². The van der Waals surface area contributed by atoms with Gasteiger partial charge in [-0.1, -0.05) is 23.4 Å². The van der Waals surface area contributed by atoms with Gasteiger partial charge in [0.25, 0.3) is 0 Å². The molecule has 0 unspecified atom stereocenters. The van der Waals surface area contributed by atoms with E-state index in [1.54, 1.807) is 18.2 Å². The smallest absolute Gasteiger partial charge is 0.330 e. The van der Waals surface area contributed by atoms with Crippen molar-refractivity contribution in [1.82, 2.24) is 5.16 Å². The van der Waals surface area contributed by atoms with Crippen molar-refractivity contribution in [2.45, 2.75) is 6.04 Å². The molecule has 3 N–H and O–H groups in total. The summed E-state index contributed by atoms with van der Waals surface area (Å²) in [5.74, 6) is 0.738. The Kier molecular flexibility index (Phi) is 6.39. The van der Waals surface area contributed by atoms with Crippen LogP contribution >= 0.6 is 15.9 Å². The third-order valence-corrected chi connectivity index (χ3v) is 6.31. The van der Waals surface area contributed by atoms with Crippen LogP contribution in [-0.4, -0.2) is 53.4 Å². The van der Waals surface area contributed by atoms with Gasteiger partial charge in [-0.2, -0.15) is 0 Å². The molecule has 178 valence electrons. The molecule has 0 radical (unpaired) electrons. The molecule has 0 bridgehead atoms. The minimum atomic E-state index is -1.22. The second-order valence-corrected chi connectivity index (χ2v) is 8.55. The predicted molar refractivity (Wildman–Crippen MR) is 134 cm³/mol. The quantitative estimate of drug-likeness (QED) is 0.291. The van der Waals surface area contributed by atoms with Gasteiger partial charge in [0.15, 0.2) is 28.9 Å². The Bertz CT molecular complexity index is 1430. The van der Waals surface area contributed by atoms with Gasteiger partial charge in [-0.05, 0) is 69.0 Å². The van der Waals surface area contributed by atoms with Gasteiger partial charge in [0.05, 0.1) is 17.7 Å². The summed E-state index contributed by atoms with van der Waals surface area (Å²) in [6.07, 6.45) is 1.41. The summed E-state index contributed by atoms with van der Waals surface area (Å²) >= 11 is 3.71. The van der Waals surface area contributed by atoms with Crippen LogP contribution in [0.3, 0.4) is 0 Å². The monoisotopic (exact) mass is 537 g/mol. The van der Waals surface area contributed by atoms with Crippen LogP contribution in [0.25, 0.3) is 22.1 Å². The molecular formula is C25H20BrN3O6. The molecule has 1 aliphatic heterocycles. The lowest BCUT2D eigenvalue weighted by molar-refractivity contribution is -0.139. The normalized spacial score (nSPS) is 13.8. The second-order valence-electron chi connectivity index (χ2n) is 7.75. The lowest BCUT2D eigenvalue weighted by Gasteiger charge is -2.19. The van der Waals surface area contributed by atoms with Crippen molar-refractivity contribution in [2.24, 2.45) is 4.99 Å². The number of hydrogen-bond donors (Lipinski definition) is 3. The van der Waals surface area contributed by atoms with E-state index in [1.165, 1.54) is 6.21 Å². The van der Waals surface area contributed by atoms with Crippen LogP contribution in [-0.2, 0) is 4.79 Å². The maximum atomic E-state index is 11.1. The Balaban J connectivity index is 1.44. The fourth-order valence-corrected chi connectivity index (χ4v) is 4.27. The number of aliphatic hydroxyl groups is 1. The molecule has 35 heavy (non-hydrogen) atoms. The predicted octanol–water partition coefficient (Wildman–Crippen LogP) is 4.64. The maximum Gasteiger partial charge on any atom is 0.330 e. The van der Waals surface area contributed by atoms with Gasteiger partial charge in [0, 0.05) is 10.7 Å². The number of aliphatic imine (C=N–C) groups is 1. The first-order valence-electron chi connectivity index (χ1n) is 10.8. The van der Waals surface area contributed by atoms with Crippen LogP contribution in [0.2, 0.25) is 0 Å². The zero-order valence-corrected chi connectivity index (χ0v) is 19.9. The number of aromatic nitrogens is 1. The zero-order chi connectivity index (χ0) is 24.4. The molecule has 4 aromatic rings. The number of nitrogens with zero attached hydrogens (tertiary/aromatic N) is 2. The number of carboxylic acid groups (broad SMARTS) is 1. The van der Waals surface area contributed by atoms with E-state index in [0.29, 0.717) is 41.3 Å². The Morgan fingerprint density at radius 2 is 1.97 bits per heavy atom. The SMILES string of the molecule is O=C(O)[C@H](CO)N=Cc1ccc2onc(Nc3cccc(-c4ccc5c(c4)OCCO5)c3Br)c2c1. The molecule has 0 fully saturated rings. The van der Waals surface area contributed by atoms with Crippen molar-refractivity contribution in [3.63, 3.8) is 0 Å². The minimum Gasteiger partial charge on any atom is -0.486 e. The largest absolute Gasteiger partial charge is 0.486 e. The van der Waals surface area contributed by atoms with Crippen LogP contribution in [0.15, 0.2) is 68.6 Å². The molecule has 1 aliphatic rings. The van der Waals surface area contributed by atoms with Crippen LogP contribution in [0.5, 0.6) is 11.5 Å². The lowest BCUT2D eigenvalue weighted by Crippen LogP contribution is -2.22. The van der Waals surface area contributed by atoms with Gasteiger partial charge in [0.2, 0.25) is 0 Å². The van der Waals surface area contributed by atoms with E-state index < -0.39 is 18.6 Å². The van der Waals surface area contributed by atoms with Crippen LogP contribution in [0.4, 0.5) is 11.5 Å². The van der Waals surface area contributed by atoms with E-state index in [9.17, 15) is 4.79 Å². The first kappa shape index (κ1) is 22.9. The van der Waals surface area contributed by atoms with Crippen molar-refractivity contribution in [3.8, 4) is 22.6 Å². The summed E-state index contributed by atoms with van der Waals surface area (Å²) in [6, 6.07) is 15.7. The maximum absolute atomic E-state index is 11.1. The fourth-order valence-electron chi connectivity index (χ4n) is 3.68. The van der Waals surface area contributed by atoms with Crippen molar-refractivity contribution in [1.29, 1.82) is 0 Å². The highest BCUT2D eigenvalue weighted by molar-refractivity contribution is 9.10. The summed E-state index contributed by atoms with van der Waals surface area (Å²) in [5, 5.41) is 26.4. The zero-order valence-electron chi connectivity index (χ0n) is 18.3. The first-order valence-corrected chi connectivity index (χ1v) is 11.5. The van der Waals surface area contributed by atoms with E-state index in [2.05, 4.69) is 31.4 Å². The summed E-state index contributed by atoms with van der Waals surface area (Å²) < 4.78 is 17.6. The number of nitrogens with one attached hydrogen (secondary N) is 1. The van der Waals surface area contributed by atoms with E-state index >= 15 is 0 Å². The molecule has 0 spiro atoms. The number of carbonyl (C=O) groups is 1. The highest BCUT2D eigenvalue weighted by atomic mass is 79.9. The molecule has 2 heterocycles. The minimum absolute atomic E-state index is 0.493. The number of carboxylic acids is 1. The Labute approximate surface area is 208 Å². The molecule has 1 aromatic heterocycles. The topological polar surface area (TPSA) is 126 Å². The van der Waals surface area contributed by atoms with Crippen molar-refractivity contribution >= 4 is 50.6 Å². The highest BCUT2D eigenvalue weighted by Gasteiger charge is 2.17. The molecule has 0 aliphatic carbocycles.